The zero-order valence-corrected chi connectivity index (χ0v) is 11.2. The first kappa shape index (κ1) is 13.1. The minimum absolute atomic E-state index is 0.119. The number of carbonyl (C=O) groups is 1. The molecular weight excluding hydrogens is 228 g/mol. The number of aromatic nitrogens is 2. The fraction of sp³-hybridized carbons (Fsp3) is 0.692. The highest BCUT2D eigenvalue weighted by Gasteiger charge is 2.24. The van der Waals surface area contributed by atoms with Crippen LogP contribution < -0.4 is 5.32 Å². The number of rotatable bonds is 5. The zero-order chi connectivity index (χ0) is 13.0. The second-order valence-corrected chi connectivity index (χ2v) is 5.22. The van der Waals surface area contributed by atoms with Gasteiger partial charge in [-0.15, -0.1) is 0 Å². The largest absolute Gasteiger partial charge is 0.356 e. The van der Waals surface area contributed by atoms with Gasteiger partial charge in [0.1, 0.15) is 0 Å². The lowest BCUT2D eigenvalue weighted by Gasteiger charge is -2.23. The van der Waals surface area contributed by atoms with Crippen LogP contribution in [0, 0.1) is 5.92 Å². The Morgan fingerprint density at radius 1 is 1.61 bits per heavy atom. The molecule has 5 nitrogen and oxygen atoms in total. The molecule has 1 amide bonds. The van der Waals surface area contributed by atoms with Crippen molar-refractivity contribution >= 4 is 5.91 Å². The van der Waals surface area contributed by atoms with Crippen molar-refractivity contribution in [3.8, 4) is 0 Å². The zero-order valence-electron chi connectivity index (χ0n) is 11.2. The predicted octanol–water partition coefficient (Wildman–Crippen LogP) is 0.513. The molecule has 1 N–H and O–H groups in total. The Balaban J connectivity index is 1.74. The minimum atomic E-state index is 0.119. The Morgan fingerprint density at radius 3 is 3.22 bits per heavy atom. The average Bonchev–Trinajstić information content (AvgIpc) is 2.81. The number of carbonyl (C=O) groups excluding carboxylic acids is 1. The lowest BCUT2D eigenvalue weighted by Crippen LogP contribution is -2.36. The predicted molar refractivity (Wildman–Crippen MR) is 70.2 cm³/mol. The van der Waals surface area contributed by atoms with E-state index in [4.69, 9.17) is 0 Å². The molecule has 1 aliphatic heterocycles. The fourth-order valence-corrected chi connectivity index (χ4v) is 2.34. The molecule has 1 aromatic heterocycles. The first-order valence-electron chi connectivity index (χ1n) is 6.58. The first-order valence-corrected chi connectivity index (χ1v) is 6.58. The molecule has 100 valence electrons. The van der Waals surface area contributed by atoms with Crippen LogP contribution in [0.4, 0.5) is 0 Å². The van der Waals surface area contributed by atoms with E-state index in [0.717, 1.165) is 38.9 Å². The molecule has 5 heteroatoms. The molecule has 0 bridgehead atoms. The van der Waals surface area contributed by atoms with Crippen molar-refractivity contribution in [2.45, 2.75) is 25.8 Å². The summed E-state index contributed by atoms with van der Waals surface area (Å²) in [7, 11) is 4.09. The minimum Gasteiger partial charge on any atom is -0.356 e. The van der Waals surface area contributed by atoms with Gasteiger partial charge in [-0.2, -0.15) is 0 Å². The van der Waals surface area contributed by atoms with E-state index in [9.17, 15) is 4.79 Å². The second kappa shape index (κ2) is 6.00. The summed E-state index contributed by atoms with van der Waals surface area (Å²) < 4.78 is 2.13. The van der Waals surface area contributed by atoms with Crippen molar-refractivity contribution in [3.63, 3.8) is 0 Å². The Hall–Kier alpha value is -1.36. The molecule has 1 aliphatic rings. The number of nitrogens with one attached hydrogen (secondary N) is 1. The number of fused-ring (bicyclic) bond motifs is 1. The van der Waals surface area contributed by atoms with Gasteiger partial charge in [0.15, 0.2) is 0 Å². The van der Waals surface area contributed by atoms with Crippen molar-refractivity contribution in [1.82, 2.24) is 19.8 Å². The number of nitrogens with zero attached hydrogens (tertiary/aromatic N) is 3. The molecule has 0 radical (unpaired) electrons. The molecular formula is C13H22N4O. The van der Waals surface area contributed by atoms with Crippen LogP contribution in [-0.2, 0) is 17.8 Å². The topological polar surface area (TPSA) is 50.2 Å². The molecule has 1 atom stereocenters. The third-order valence-corrected chi connectivity index (χ3v) is 3.42. The van der Waals surface area contributed by atoms with E-state index in [1.54, 1.807) is 0 Å². The molecule has 0 spiro atoms. The molecule has 2 heterocycles. The van der Waals surface area contributed by atoms with E-state index in [1.807, 2.05) is 26.6 Å². The SMILES string of the molecule is CN(C)CCCNC(=O)C1CCn2cncc2C1. The maximum Gasteiger partial charge on any atom is 0.223 e. The van der Waals surface area contributed by atoms with Crippen LogP contribution in [0.15, 0.2) is 12.5 Å². The van der Waals surface area contributed by atoms with Crippen molar-refractivity contribution < 1.29 is 4.79 Å². The summed E-state index contributed by atoms with van der Waals surface area (Å²) in [6.07, 6.45) is 6.46. The summed E-state index contributed by atoms with van der Waals surface area (Å²) in [5.74, 6) is 0.315. The van der Waals surface area contributed by atoms with E-state index in [1.165, 1.54) is 5.69 Å². The van der Waals surface area contributed by atoms with Crippen LogP contribution in [-0.4, -0.2) is 47.5 Å². The summed E-state index contributed by atoms with van der Waals surface area (Å²) in [5.41, 5.74) is 1.18. The van der Waals surface area contributed by atoms with Gasteiger partial charge in [0.05, 0.1) is 6.33 Å². The van der Waals surface area contributed by atoms with Gasteiger partial charge < -0.3 is 14.8 Å². The van der Waals surface area contributed by atoms with E-state index < -0.39 is 0 Å². The number of imidazole rings is 1. The summed E-state index contributed by atoms with van der Waals surface area (Å²) in [6, 6.07) is 0. The summed E-state index contributed by atoms with van der Waals surface area (Å²) >= 11 is 0. The van der Waals surface area contributed by atoms with Crippen LogP contribution in [0.1, 0.15) is 18.5 Å². The number of hydrogen-bond donors (Lipinski definition) is 1. The lowest BCUT2D eigenvalue weighted by molar-refractivity contribution is -0.125. The van der Waals surface area contributed by atoms with Crippen molar-refractivity contribution in [2.24, 2.45) is 5.92 Å². The molecule has 0 aliphatic carbocycles. The molecule has 18 heavy (non-hydrogen) atoms. The fourth-order valence-electron chi connectivity index (χ4n) is 2.34. The van der Waals surface area contributed by atoms with Crippen molar-refractivity contribution in [3.05, 3.63) is 18.2 Å². The van der Waals surface area contributed by atoms with Crippen LogP contribution in [0.2, 0.25) is 0 Å². The first-order chi connectivity index (χ1) is 8.66. The number of aryl methyl sites for hydroxylation is 1. The standard InChI is InChI=1S/C13H22N4O/c1-16(2)6-3-5-15-13(18)11-4-7-17-10-14-9-12(17)8-11/h9-11H,3-8H2,1-2H3,(H,15,18). The van der Waals surface area contributed by atoms with Gasteiger partial charge in [-0.05, 0) is 33.5 Å². The van der Waals surface area contributed by atoms with Gasteiger partial charge >= 0.3 is 0 Å². The molecule has 0 saturated heterocycles. The Morgan fingerprint density at radius 2 is 2.44 bits per heavy atom. The second-order valence-electron chi connectivity index (χ2n) is 5.22. The summed E-state index contributed by atoms with van der Waals surface area (Å²) in [4.78, 5) is 18.3. The van der Waals surface area contributed by atoms with Gasteiger partial charge in [-0.25, -0.2) is 4.98 Å². The van der Waals surface area contributed by atoms with Crippen molar-refractivity contribution in [1.29, 1.82) is 0 Å². The summed E-state index contributed by atoms with van der Waals surface area (Å²) in [5, 5.41) is 3.04. The molecule has 0 aromatic carbocycles. The van der Waals surface area contributed by atoms with E-state index in [2.05, 4.69) is 19.8 Å². The highest BCUT2D eigenvalue weighted by atomic mass is 16.1. The van der Waals surface area contributed by atoms with Crippen LogP contribution in [0.3, 0.4) is 0 Å². The quantitative estimate of drug-likeness (QED) is 0.775. The molecule has 0 fully saturated rings. The average molecular weight is 250 g/mol. The molecule has 0 saturated carbocycles. The van der Waals surface area contributed by atoms with E-state index in [0.29, 0.717) is 0 Å². The van der Waals surface area contributed by atoms with Gasteiger partial charge in [0.25, 0.3) is 0 Å². The monoisotopic (exact) mass is 250 g/mol. The van der Waals surface area contributed by atoms with E-state index in [-0.39, 0.29) is 11.8 Å². The third kappa shape index (κ3) is 3.32. The maximum absolute atomic E-state index is 12.0. The van der Waals surface area contributed by atoms with E-state index >= 15 is 0 Å². The lowest BCUT2D eigenvalue weighted by atomic mass is 9.95. The molecule has 1 unspecified atom stereocenters. The highest BCUT2D eigenvalue weighted by Crippen LogP contribution is 2.19. The normalized spacial score (nSPS) is 18.7. The van der Waals surface area contributed by atoms with Gasteiger partial charge in [0, 0.05) is 37.3 Å². The Kier molecular flexibility index (Phi) is 4.36. The highest BCUT2D eigenvalue weighted by molar-refractivity contribution is 5.78. The molecule has 2 rings (SSSR count). The molecule has 1 aromatic rings. The maximum atomic E-state index is 12.0. The van der Waals surface area contributed by atoms with Crippen LogP contribution in [0.25, 0.3) is 0 Å². The van der Waals surface area contributed by atoms with Crippen LogP contribution in [0.5, 0.6) is 0 Å². The number of amides is 1. The summed E-state index contributed by atoms with van der Waals surface area (Å²) in [6.45, 7) is 2.69. The van der Waals surface area contributed by atoms with Gasteiger partial charge in [-0.3, -0.25) is 4.79 Å². The van der Waals surface area contributed by atoms with Crippen LogP contribution >= 0.6 is 0 Å². The Bertz CT molecular complexity index is 399. The van der Waals surface area contributed by atoms with Gasteiger partial charge in [0.2, 0.25) is 5.91 Å². The van der Waals surface area contributed by atoms with Gasteiger partial charge in [-0.1, -0.05) is 0 Å². The number of hydrogen-bond acceptors (Lipinski definition) is 3. The Labute approximate surface area is 108 Å². The van der Waals surface area contributed by atoms with Crippen molar-refractivity contribution in [2.75, 3.05) is 27.2 Å². The third-order valence-electron chi connectivity index (χ3n) is 3.42. The smallest absolute Gasteiger partial charge is 0.223 e.